The third kappa shape index (κ3) is 2.99. The van der Waals surface area contributed by atoms with Crippen LogP contribution in [0.3, 0.4) is 0 Å². The molecular formula is C16H23NO2. The summed E-state index contributed by atoms with van der Waals surface area (Å²) in [5.41, 5.74) is 1.43. The summed E-state index contributed by atoms with van der Waals surface area (Å²) in [6, 6.07) is 10.8. The van der Waals surface area contributed by atoms with E-state index in [9.17, 15) is 0 Å². The molecule has 0 N–H and O–H groups in total. The molecule has 2 aliphatic heterocycles. The molecule has 0 unspecified atom stereocenters. The monoisotopic (exact) mass is 261 g/mol. The lowest BCUT2D eigenvalue weighted by atomic mass is 9.98. The van der Waals surface area contributed by atoms with Crippen molar-refractivity contribution < 1.29 is 9.47 Å². The first-order valence-electron chi connectivity index (χ1n) is 7.33. The summed E-state index contributed by atoms with van der Waals surface area (Å²) in [6.07, 6.45) is 2.02. The average molecular weight is 261 g/mol. The minimum Gasteiger partial charge on any atom is -0.347 e. The van der Waals surface area contributed by atoms with E-state index in [0.717, 1.165) is 45.7 Å². The largest absolute Gasteiger partial charge is 0.347 e. The SMILES string of the molecule is C[C@@H](CN1CCC2(CC1)OCCO2)c1ccccc1. The summed E-state index contributed by atoms with van der Waals surface area (Å²) in [4.78, 5) is 2.54. The maximum Gasteiger partial charge on any atom is 0.170 e. The molecule has 19 heavy (non-hydrogen) atoms. The van der Waals surface area contributed by atoms with Crippen LogP contribution in [0.2, 0.25) is 0 Å². The van der Waals surface area contributed by atoms with Crippen LogP contribution in [0.25, 0.3) is 0 Å². The van der Waals surface area contributed by atoms with Gasteiger partial charge in [0.2, 0.25) is 0 Å². The summed E-state index contributed by atoms with van der Waals surface area (Å²) in [6.45, 7) is 7.12. The highest BCUT2D eigenvalue weighted by Crippen LogP contribution is 2.32. The van der Waals surface area contributed by atoms with Crippen LogP contribution < -0.4 is 0 Å². The molecule has 2 fully saturated rings. The van der Waals surface area contributed by atoms with Crippen LogP contribution in [0.4, 0.5) is 0 Å². The number of nitrogens with zero attached hydrogens (tertiary/aromatic N) is 1. The first-order chi connectivity index (χ1) is 9.27. The molecule has 0 aliphatic carbocycles. The molecule has 3 heteroatoms. The van der Waals surface area contributed by atoms with Crippen LogP contribution in [0.5, 0.6) is 0 Å². The number of piperidine rings is 1. The molecule has 3 rings (SSSR count). The quantitative estimate of drug-likeness (QED) is 0.835. The van der Waals surface area contributed by atoms with Gasteiger partial charge in [0.15, 0.2) is 5.79 Å². The van der Waals surface area contributed by atoms with E-state index >= 15 is 0 Å². The molecule has 1 atom stereocenters. The average Bonchev–Trinajstić information content (AvgIpc) is 2.91. The van der Waals surface area contributed by atoms with Crippen LogP contribution in [0, 0.1) is 0 Å². The second-order valence-corrected chi connectivity index (χ2v) is 5.72. The molecule has 2 aliphatic rings. The number of benzene rings is 1. The highest BCUT2D eigenvalue weighted by molar-refractivity contribution is 5.19. The second kappa shape index (κ2) is 5.61. The van der Waals surface area contributed by atoms with Crippen LogP contribution in [0.1, 0.15) is 31.2 Å². The molecule has 1 aromatic rings. The highest BCUT2D eigenvalue weighted by atomic mass is 16.7. The molecule has 0 saturated carbocycles. The molecular weight excluding hydrogens is 238 g/mol. The van der Waals surface area contributed by atoms with E-state index in [0.29, 0.717) is 5.92 Å². The van der Waals surface area contributed by atoms with E-state index in [1.54, 1.807) is 0 Å². The van der Waals surface area contributed by atoms with Crippen LogP contribution in [-0.2, 0) is 9.47 Å². The Morgan fingerprint density at radius 3 is 2.37 bits per heavy atom. The van der Waals surface area contributed by atoms with Crippen LogP contribution >= 0.6 is 0 Å². The zero-order valence-electron chi connectivity index (χ0n) is 11.7. The molecule has 0 aromatic heterocycles. The molecule has 0 amide bonds. The van der Waals surface area contributed by atoms with Crippen molar-refractivity contribution in [3.8, 4) is 0 Å². The summed E-state index contributed by atoms with van der Waals surface area (Å²) < 4.78 is 11.5. The highest BCUT2D eigenvalue weighted by Gasteiger charge is 2.39. The summed E-state index contributed by atoms with van der Waals surface area (Å²) >= 11 is 0. The van der Waals surface area contributed by atoms with Crippen LogP contribution in [0.15, 0.2) is 30.3 Å². The van der Waals surface area contributed by atoms with E-state index in [-0.39, 0.29) is 5.79 Å². The third-order valence-corrected chi connectivity index (χ3v) is 4.33. The third-order valence-electron chi connectivity index (χ3n) is 4.33. The minimum atomic E-state index is -0.244. The molecule has 1 aromatic carbocycles. The maximum absolute atomic E-state index is 5.77. The summed E-state index contributed by atoms with van der Waals surface area (Å²) in [5, 5.41) is 0. The van der Waals surface area contributed by atoms with E-state index in [1.165, 1.54) is 5.56 Å². The van der Waals surface area contributed by atoms with Crippen molar-refractivity contribution >= 4 is 0 Å². The van der Waals surface area contributed by atoms with Crippen LogP contribution in [-0.4, -0.2) is 43.5 Å². The molecule has 2 heterocycles. The molecule has 0 bridgehead atoms. The molecule has 2 saturated heterocycles. The number of rotatable bonds is 3. The van der Waals surface area contributed by atoms with Gasteiger partial charge in [0.25, 0.3) is 0 Å². The van der Waals surface area contributed by atoms with Crippen molar-refractivity contribution in [1.82, 2.24) is 4.90 Å². The maximum atomic E-state index is 5.77. The Bertz CT molecular complexity index is 390. The van der Waals surface area contributed by atoms with Gasteiger partial charge in [0.05, 0.1) is 13.2 Å². The Hall–Kier alpha value is -0.900. The van der Waals surface area contributed by atoms with E-state index in [4.69, 9.17) is 9.47 Å². The van der Waals surface area contributed by atoms with Gasteiger partial charge in [-0.15, -0.1) is 0 Å². The predicted octanol–water partition coefficient (Wildman–Crippen LogP) is 2.63. The fourth-order valence-corrected chi connectivity index (χ4v) is 3.14. The lowest BCUT2D eigenvalue weighted by Gasteiger charge is -2.38. The first-order valence-corrected chi connectivity index (χ1v) is 7.33. The summed E-state index contributed by atoms with van der Waals surface area (Å²) in [5.74, 6) is 0.340. The van der Waals surface area contributed by atoms with Gasteiger partial charge >= 0.3 is 0 Å². The normalized spacial score (nSPS) is 24.7. The van der Waals surface area contributed by atoms with E-state index in [2.05, 4.69) is 42.2 Å². The molecule has 3 nitrogen and oxygen atoms in total. The predicted molar refractivity (Wildman–Crippen MR) is 75.2 cm³/mol. The van der Waals surface area contributed by atoms with Gasteiger partial charge in [0.1, 0.15) is 0 Å². The Morgan fingerprint density at radius 1 is 1.11 bits per heavy atom. The van der Waals surface area contributed by atoms with Gasteiger partial charge in [0, 0.05) is 32.5 Å². The lowest BCUT2D eigenvalue weighted by molar-refractivity contribution is -0.185. The Balaban J connectivity index is 1.52. The Morgan fingerprint density at radius 2 is 1.74 bits per heavy atom. The van der Waals surface area contributed by atoms with Crippen molar-refractivity contribution in [3.63, 3.8) is 0 Å². The molecule has 104 valence electrons. The van der Waals surface area contributed by atoms with Gasteiger partial charge in [-0.25, -0.2) is 0 Å². The first kappa shape index (κ1) is 13.1. The van der Waals surface area contributed by atoms with Gasteiger partial charge in [-0.1, -0.05) is 37.3 Å². The van der Waals surface area contributed by atoms with Crippen molar-refractivity contribution in [2.24, 2.45) is 0 Å². The Labute approximate surface area is 115 Å². The lowest BCUT2D eigenvalue weighted by Crippen LogP contribution is -2.46. The van der Waals surface area contributed by atoms with Gasteiger partial charge < -0.3 is 14.4 Å². The topological polar surface area (TPSA) is 21.7 Å². The van der Waals surface area contributed by atoms with E-state index in [1.807, 2.05) is 0 Å². The van der Waals surface area contributed by atoms with Crippen molar-refractivity contribution in [2.45, 2.75) is 31.5 Å². The smallest absolute Gasteiger partial charge is 0.170 e. The van der Waals surface area contributed by atoms with Crippen molar-refractivity contribution in [2.75, 3.05) is 32.8 Å². The molecule has 0 radical (unpaired) electrons. The number of hydrogen-bond acceptors (Lipinski definition) is 3. The minimum absolute atomic E-state index is 0.244. The zero-order chi connectivity index (χ0) is 13.1. The van der Waals surface area contributed by atoms with Gasteiger partial charge in [-0.05, 0) is 11.5 Å². The zero-order valence-corrected chi connectivity index (χ0v) is 11.7. The summed E-state index contributed by atoms with van der Waals surface area (Å²) in [7, 11) is 0. The van der Waals surface area contributed by atoms with Gasteiger partial charge in [-0.3, -0.25) is 0 Å². The number of hydrogen-bond donors (Lipinski definition) is 0. The van der Waals surface area contributed by atoms with Gasteiger partial charge in [-0.2, -0.15) is 0 Å². The fraction of sp³-hybridized carbons (Fsp3) is 0.625. The van der Waals surface area contributed by atoms with Crippen molar-refractivity contribution in [3.05, 3.63) is 35.9 Å². The second-order valence-electron chi connectivity index (χ2n) is 5.72. The van der Waals surface area contributed by atoms with Crippen molar-refractivity contribution in [1.29, 1.82) is 0 Å². The Kier molecular flexibility index (Phi) is 3.87. The standard InChI is InChI=1S/C16H23NO2/c1-14(15-5-3-2-4-6-15)13-17-9-7-16(8-10-17)18-11-12-19-16/h2-6,14H,7-13H2,1H3/t14-/m0/s1. The fourth-order valence-electron chi connectivity index (χ4n) is 3.14. The van der Waals surface area contributed by atoms with E-state index < -0.39 is 0 Å². The molecule has 1 spiro atoms. The number of ether oxygens (including phenoxy) is 2. The number of likely N-dealkylation sites (tertiary alicyclic amines) is 1.